The normalized spacial score (nSPS) is 12.8. The van der Waals surface area contributed by atoms with E-state index in [0.717, 1.165) is 71.6 Å². The molecule has 0 spiro atoms. The number of aromatic nitrogens is 7. The molecular weight excluding hydrogens is 1300 g/mol. The maximum Gasteiger partial charge on any atom is 0.252 e. The van der Waals surface area contributed by atoms with Crippen molar-refractivity contribution in [1.29, 1.82) is 0 Å². The molecule has 7 nitrogen and oxygen atoms in total. The van der Waals surface area contributed by atoms with Gasteiger partial charge in [0.2, 0.25) is 11.9 Å². The third-order valence-corrected chi connectivity index (χ3v) is 24.4. The summed E-state index contributed by atoms with van der Waals surface area (Å²) in [5.74, 6) is 1.62. The van der Waals surface area contributed by atoms with Gasteiger partial charge in [0, 0.05) is 87.3 Å². The van der Waals surface area contributed by atoms with E-state index in [0.29, 0.717) is 17.7 Å². The van der Waals surface area contributed by atoms with Crippen LogP contribution in [0, 0.1) is 0 Å². The lowest BCUT2D eigenvalue weighted by Gasteiger charge is -2.35. The number of rotatable bonds is 9. The summed E-state index contributed by atoms with van der Waals surface area (Å²) in [7, 11) is 0. The van der Waals surface area contributed by atoms with Gasteiger partial charge in [0.25, 0.3) is 6.71 Å². The summed E-state index contributed by atoms with van der Waals surface area (Å²) in [6.45, 7) is 9.31. The Labute approximate surface area is 617 Å². The molecule has 16 aromatic carbocycles. The Kier molecular flexibility index (Phi) is 12.4. The van der Waals surface area contributed by atoms with E-state index in [1.54, 1.807) is 0 Å². The molecular formula is C99H66BN7. The minimum absolute atomic E-state index is 0.271. The monoisotopic (exact) mass is 1360 g/mol. The molecule has 0 saturated heterocycles. The molecule has 107 heavy (non-hydrogen) atoms. The summed E-state index contributed by atoms with van der Waals surface area (Å²) in [5.41, 5.74) is 24.6. The van der Waals surface area contributed by atoms with Crippen LogP contribution in [0.5, 0.6) is 0 Å². The van der Waals surface area contributed by atoms with Gasteiger partial charge in [-0.05, 0) is 155 Å². The minimum Gasteiger partial charge on any atom is -0.310 e. The summed E-state index contributed by atoms with van der Waals surface area (Å²) in [6, 6.07) is 122. The smallest absolute Gasteiger partial charge is 0.252 e. The van der Waals surface area contributed by atoms with E-state index in [4.69, 9.17) is 15.0 Å². The zero-order chi connectivity index (χ0) is 70.7. The van der Waals surface area contributed by atoms with E-state index in [2.05, 4.69) is 374 Å². The molecule has 500 valence electrons. The van der Waals surface area contributed by atoms with Crippen molar-refractivity contribution in [2.45, 2.75) is 38.5 Å². The number of hydrogen-bond acceptors (Lipinski definition) is 3. The molecule has 0 N–H and O–H groups in total. The molecule has 7 heterocycles. The molecule has 0 amide bonds. The summed E-state index contributed by atoms with van der Waals surface area (Å²) in [5, 5.41) is 16.8. The van der Waals surface area contributed by atoms with Crippen LogP contribution in [0.25, 0.3) is 176 Å². The molecule has 2 aliphatic heterocycles. The van der Waals surface area contributed by atoms with Crippen LogP contribution >= 0.6 is 0 Å². The van der Waals surface area contributed by atoms with Gasteiger partial charge in [-0.3, -0.25) is 9.13 Å². The highest BCUT2D eigenvalue weighted by molar-refractivity contribution is 7.00. The average Bonchev–Trinajstić information content (AvgIpc) is 1.53. The van der Waals surface area contributed by atoms with E-state index in [-0.39, 0.29) is 12.1 Å². The first-order valence-corrected chi connectivity index (χ1v) is 37.3. The SMILES string of the molecule is CC(C)(c1ccccc1)c1ccc2c(c1)c1cc(C(C)(C)c3ccccc3)cc3c1n2-c1cc(-c2nc(-n4c5ccccc5c5ccccc54)nc(-n4c5ccccc5c5ccccc54)n2)cc2c1B3c1cc(-c3ccccc3-c3ccccc3)cc3c4c5c6ccccc6c6ccccc6c5ccc4n-2c13. The second-order valence-electron chi connectivity index (χ2n) is 30.6. The maximum absolute atomic E-state index is 5.89. The fraction of sp³-hybridized carbons (Fsp3) is 0.0606. The molecule has 0 aliphatic carbocycles. The van der Waals surface area contributed by atoms with Crippen LogP contribution in [-0.2, 0) is 10.8 Å². The predicted molar refractivity (Wildman–Crippen MR) is 448 cm³/mol. The Morgan fingerprint density at radius 3 is 1.22 bits per heavy atom. The van der Waals surface area contributed by atoms with Crippen molar-refractivity contribution in [1.82, 2.24) is 33.2 Å². The van der Waals surface area contributed by atoms with E-state index in [1.807, 2.05) is 0 Å². The van der Waals surface area contributed by atoms with Crippen LogP contribution in [0.1, 0.15) is 49.9 Å². The van der Waals surface area contributed by atoms with Crippen molar-refractivity contribution in [2.24, 2.45) is 0 Å². The molecule has 8 heteroatoms. The van der Waals surface area contributed by atoms with E-state index < -0.39 is 5.41 Å². The van der Waals surface area contributed by atoms with Gasteiger partial charge in [0.1, 0.15) is 0 Å². The lowest BCUT2D eigenvalue weighted by Crippen LogP contribution is -2.59. The van der Waals surface area contributed by atoms with Crippen LogP contribution in [0.15, 0.2) is 328 Å². The second kappa shape index (κ2) is 22.1. The Morgan fingerprint density at radius 1 is 0.252 bits per heavy atom. The van der Waals surface area contributed by atoms with Gasteiger partial charge in [-0.2, -0.15) is 15.0 Å². The van der Waals surface area contributed by atoms with Crippen LogP contribution in [-0.4, -0.2) is 39.9 Å². The molecule has 0 atom stereocenters. The van der Waals surface area contributed by atoms with Crippen molar-refractivity contribution in [3.63, 3.8) is 0 Å². The molecule has 0 saturated carbocycles. The number of benzene rings is 16. The third-order valence-electron chi connectivity index (χ3n) is 24.4. The van der Waals surface area contributed by atoms with Crippen molar-refractivity contribution in [3.8, 4) is 56.9 Å². The highest BCUT2D eigenvalue weighted by atomic mass is 15.3. The first-order valence-electron chi connectivity index (χ1n) is 37.3. The van der Waals surface area contributed by atoms with Gasteiger partial charge in [-0.25, -0.2) is 0 Å². The zero-order valence-electron chi connectivity index (χ0n) is 59.4. The molecule has 21 aromatic rings. The lowest BCUT2D eigenvalue weighted by atomic mass is 9.34. The Hall–Kier alpha value is -13.4. The topological polar surface area (TPSA) is 58.4 Å². The van der Waals surface area contributed by atoms with Gasteiger partial charge >= 0.3 is 0 Å². The quantitative estimate of drug-likeness (QED) is 0.107. The first kappa shape index (κ1) is 60.0. The first-order chi connectivity index (χ1) is 52.6. The Balaban J connectivity index is 0.912. The molecule has 0 fully saturated rings. The number of nitrogens with zero attached hydrogens (tertiary/aromatic N) is 7. The van der Waals surface area contributed by atoms with Gasteiger partial charge in [0.15, 0.2) is 5.82 Å². The summed E-state index contributed by atoms with van der Waals surface area (Å²) in [4.78, 5) is 17.5. The average molecular weight is 1360 g/mol. The maximum atomic E-state index is 5.89. The van der Waals surface area contributed by atoms with Crippen molar-refractivity contribution in [2.75, 3.05) is 0 Å². The molecule has 0 bridgehead atoms. The van der Waals surface area contributed by atoms with Crippen molar-refractivity contribution in [3.05, 3.63) is 350 Å². The summed E-state index contributed by atoms with van der Waals surface area (Å²) < 4.78 is 9.79. The van der Waals surface area contributed by atoms with Crippen LogP contribution < -0.4 is 16.4 Å². The van der Waals surface area contributed by atoms with Gasteiger partial charge in [0.05, 0.1) is 33.1 Å². The standard InChI is InChI=1S/C99H66BN7/c1-98(2,62-30-10-6-11-31-62)64-48-50-86-77(56-64)78-57-65(99(3,4)63-32-12-7-13-33-63)58-81-93(78)104(86)88-54-61(95-101-96(106-82-44-24-20-39-71(82)72-40-21-25-45-83(72)106)103-97(102-95)107-84-46-26-22-41-73(84)74-42-23-27-47-85(74)107)55-89-92(88)100(81)80-53-60(67-35-15-14-34-66(67)59-28-8-5-9-29-59)52-79-91-87(105(89)94(79)80)51-49-76-70-38-17-16-36-68(70)69-37-18-19-43-75(69)90(76)91/h5-58H,1-4H3. The van der Waals surface area contributed by atoms with E-state index in [1.165, 1.54) is 126 Å². The number of para-hydroxylation sites is 4. The minimum atomic E-state index is -0.410. The molecule has 23 rings (SSSR count). The third kappa shape index (κ3) is 8.35. The van der Waals surface area contributed by atoms with Gasteiger partial charge in [-0.15, -0.1) is 0 Å². The Bertz CT molecular complexity index is 7170. The number of hydrogen-bond donors (Lipinski definition) is 0. The highest BCUT2D eigenvalue weighted by Gasteiger charge is 2.44. The molecule has 0 unspecified atom stereocenters. The fourth-order valence-corrected chi connectivity index (χ4v) is 19.2. The van der Waals surface area contributed by atoms with Crippen LogP contribution in [0.2, 0.25) is 0 Å². The van der Waals surface area contributed by atoms with E-state index in [9.17, 15) is 0 Å². The summed E-state index contributed by atoms with van der Waals surface area (Å²) >= 11 is 0. The van der Waals surface area contributed by atoms with Crippen molar-refractivity contribution < 1.29 is 0 Å². The van der Waals surface area contributed by atoms with Crippen molar-refractivity contribution >= 4 is 143 Å². The zero-order valence-corrected chi connectivity index (χ0v) is 59.4. The highest BCUT2D eigenvalue weighted by Crippen LogP contribution is 2.49. The predicted octanol–water partition coefficient (Wildman–Crippen LogP) is 22.5. The largest absolute Gasteiger partial charge is 0.310 e. The summed E-state index contributed by atoms with van der Waals surface area (Å²) in [6.07, 6.45) is 0. The van der Waals surface area contributed by atoms with Crippen LogP contribution in [0.3, 0.4) is 0 Å². The fourth-order valence-electron chi connectivity index (χ4n) is 19.2. The molecule has 2 aliphatic rings. The molecule has 5 aromatic heterocycles. The molecule has 0 radical (unpaired) electrons. The second-order valence-corrected chi connectivity index (χ2v) is 30.6. The van der Waals surface area contributed by atoms with E-state index >= 15 is 0 Å². The van der Waals surface area contributed by atoms with Gasteiger partial charge < -0.3 is 9.13 Å². The van der Waals surface area contributed by atoms with Crippen LogP contribution in [0.4, 0.5) is 0 Å². The number of fused-ring (bicyclic) bond motifs is 23. The lowest BCUT2D eigenvalue weighted by molar-refractivity contribution is 0.641. The van der Waals surface area contributed by atoms with Gasteiger partial charge in [-0.1, -0.05) is 289 Å². The Morgan fingerprint density at radius 2 is 0.664 bits per heavy atom.